The monoisotopic (exact) mass is 447 g/mol. The fraction of sp³-hybridized carbons (Fsp3) is 0.611. The van der Waals surface area contributed by atoms with Crippen LogP contribution < -0.4 is 15.2 Å². The van der Waals surface area contributed by atoms with Gasteiger partial charge in [0.05, 0.1) is 13.7 Å². The van der Waals surface area contributed by atoms with E-state index in [0.717, 1.165) is 24.6 Å². The van der Waals surface area contributed by atoms with Crippen molar-refractivity contribution in [3.05, 3.63) is 24.3 Å². The summed E-state index contributed by atoms with van der Waals surface area (Å²) in [6.45, 7) is 7.68. The number of guanidine groups is 1. The second-order valence-electron chi connectivity index (χ2n) is 6.46. The Morgan fingerprint density at radius 2 is 2.08 bits per heavy atom. The molecule has 0 aromatic heterocycles. The molecule has 2 atom stereocenters. The third kappa shape index (κ3) is 6.37. The summed E-state index contributed by atoms with van der Waals surface area (Å²) in [5.74, 6) is 3.18. The molecule has 2 unspecified atom stereocenters. The first-order valence-electron chi connectivity index (χ1n) is 8.40. The molecule has 0 aliphatic carbocycles. The van der Waals surface area contributed by atoms with Gasteiger partial charge < -0.3 is 20.1 Å². The van der Waals surface area contributed by atoms with E-state index in [4.69, 9.17) is 15.2 Å². The lowest BCUT2D eigenvalue weighted by Crippen LogP contribution is -2.43. The minimum absolute atomic E-state index is 0. The predicted molar refractivity (Wildman–Crippen MR) is 110 cm³/mol. The van der Waals surface area contributed by atoms with Crippen LogP contribution >= 0.6 is 24.0 Å². The van der Waals surface area contributed by atoms with E-state index in [1.807, 2.05) is 24.3 Å². The zero-order chi connectivity index (χ0) is 16.7. The van der Waals surface area contributed by atoms with Crippen LogP contribution in [-0.2, 0) is 0 Å². The quantitative estimate of drug-likeness (QED) is 0.413. The fourth-order valence-electron chi connectivity index (χ4n) is 2.77. The molecular weight excluding hydrogens is 417 g/mol. The summed E-state index contributed by atoms with van der Waals surface area (Å²) in [7, 11) is 1.65. The number of piperidine rings is 1. The Balaban J connectivity index is 0.00000288. The minimum Gasteiger partial charge on any atom is -0.493 e. The van der Waals surface area contributed by atoms with Gasteiger partial charge in [-0.25, -0.2) is 0 Å². The van der Waals surface area contributed by atoms with Crippen LogP contribution in [0.3, 0.4) is 0 Å². The van der Waals surface area contributed by atoms with Gasteiger partial charge in [0.15, 0.2) is 17.5 Å². The van der Waals surface area contributed by atoms with Crippen molar-refractivity contribution >= 4 is 29.9 Å². The largest absolute Gasteiger partial charge is 0.493 e. The molecule has 6 heteroatoms. The molecule has 0 radical (unpaired) electrons. The van der Waals surface area contributed by atoms with Crippen LogP contribution in [0, 0.1) is 11.8 Å². The summed E-state index contributed by atoms with van der Waals surface area (Å²) in [4.78, 5) is 6.74. The van der Waals surface area contributed by atoms with E-state index in [1.165, 1.54) is 12.8 Å². The third-order valence-corrected chi connectivity index (χ3v) is 4.14. The highest BCUT2D eigenvalue weighted by molar-refractivity contribution is 14.0. The molecule has 0 spiro atoms. The molecule has 0 saturated carbocycles. The molecule has 2 N–H and O–H groups in total. The second kappa shape index (κ2) is 10.6. The molecule has 0 amide bonds. The molecule has 1 aromatic carbocycles. The summed E-state index contributed by atoms with van der Waals surface area (Å²) in [6.07, 6.45) is 2.48. The van der Waals surface area contributed by atoms with Crippen molar-refractivity contribution in [2.75, 3.05) is 33.4 Å². The fourth-order valence-corrected chi connectivity index (χ4v) is 2.77. The van der Waals surface area contributed by atoms with E-state index < -0.39 is 0 Å². The molecule has 2 rings (SSSR count). The molecular formula is C18H30IN3O2. The molecule has 0 bridgehead atoms. The van der Waals surface area contributed by atoms with Gasteiger partial charge in [0.25, 0.3) is 0 Å². The van der Waals surface area contributed by atoms with Gasteiger partial charge in [-0.3, -0.25) is 4.99 Å². The smallest absolute Gasteiger partial charge is 0.191 e. The van der Waals surface area contributed by atoms with Crippen molar-refractivity contribution in [2.24, 2.45) is 22.6 Å². The Morgan fingerprint density at radius 1 is 1.38 bits per heavy atom. The molecule has 1 aliphatic rings. The number of nitrogens with zero attached hydrogens (tertiary/aromatic N) is 2. The summed E-state index contributed by atoms with van der Waals surface area (Å²) in [6, 6.07) is 7.68. The van der Waals surface area contributed by atoms with Crippen molar-refractivity contribution in [1.29, 1.82) is 0 Å². The number of likely N-dealkylation sites (tertiary alicyclic amines) is 1. The Bertz CT molecular complexity index is 525. The Kier molecular flexibility index (Phi) is 9.25. The van der Waals surface area contributed by atoms with E-state index in [2.05, 4.69) is 23.7 Å². The number of methoxy groups -OCH3 is 1. The normalized spacial score (nSPS) is 19.4. The summed E-state index contributed by atoms with van der Waals surface area (Å²) < 4.78 is 11.1. The van der Waals surface area contributed by atoms with E-state index >= 15 is 0 Å². The van der Waals surface area contributed by atoms with Crippen molar-refractivity contribution in [2.45, 2.75) is 26.7 Å². The number of aliphatic imine (C=N–C) groups is 1. The molecule has 1 aromatic rings. The lowest BCUT2D eigenvalue weighted by Gasteiger charge is -2.31. The Labute approximate surface area is 162 Å². The molecule has 136 valence electrons. The topological polar surface area (TPSA) is 60.1 Å². The summed E-state index contributed by atoms with van der Waals surface area (Å²) >= 11 is 0. The van der Waals surface area contributed by atoms with Crippen LogP contribution in [0.1, 0.15) is 26.7 Å². The number of rotatable bonds is 6. The number of hydrogen-bond acceptors (Lipinski definition) is 3. The highest BCUT2D eigenvalue weighted by atomic mass is 127. The molecule has 1 heterocycles. The first-order chi connectivity index (χ1) is 11.1. The number of benzene rings is 1. The zero-order valence-corrected chi connectivity index (χ0v) is 17.2. The summed E-state index contributed by atoms with van der Waals surface area (Å²) in [5.41, 5.74) is 6.13. The maximum atomic E-state index is 6.13. The predicted octanol–water partition coefficient (Wildman–Crippen LogP) is 3.37. The van der Waals surface area contributed by atoms with Gasteiger partial charge in [-0.2, -0.15) is 0 Å². The average molecular weight is 447 g/mol. The highest BCUT2D eigenvalue weighted by Crippen LogP contribution is 2.26. The minimum atomic E-state index is 0. The first kappa shape index (κ1) is 20.9. The van der Waals surface area contributed by atoms with Crippen molar-refractivity contribution in [1.82, 2.24) is 4.90 Å². The van der Waals surface area contributed by atoms with Gasteiger partial charge in [0.1, 0.15) is 0 Å². The maximum absolute atomic E-state index is 6.13. The molecule has 1 aliphatic heterocycles. The van der Waals surface area contributed by atoms with Crippen LogP contribution in [0.15, 0.2) is 29.3 Å². The first-order valence-corrected chi connectivity index (χ1v) is 8.40. The van der Waals surface area contributed by atoms with Gasteiger partial charge >= 0.3 is 0 Å². The van der Waals surface area contributed by atoms with E-state index in [9.17, 15) is 0 Å². The number of ether oxygens (including phenoxy) is 2. The molecule has 1 fully saturated rings. The van der Waals surface area contributed by atoms with E-state index in [1.54, 1.807) is 7.11 Å². The van der Waals surface area contributed by atoms with Gasteiger partial charge in [-0.05, 0) is 30.9 Å². The zero-order valence-electron chi connectivity index (χ0n) is 14.9. The van der Waals surface area contributed by atoms with Gasteiger partial charge in [0.2, 0.25) is 0 Å². The molecule has 1 saturated heterocycles. The van der Waals surface area contributed by atoms with Crippen LogP contribution in [0.4, 0.5) is 0 Å². The second-order valence-corrected chi connectivity index (χ2v) is 6.46. The standard InChI is InChI=1S/C18H29N3O2.HI/c1-14-7-6-10-21(12-14)18(19)20-11-15(2)13-23-17-9-5-4-8-16(17)22-3;/h4-5,8-9,14-15H,6-7,10-13H2,1-3H3,(H2,19,20);1H. The summed E-state index contributed by atoms with van der Waals surface area (Å²) in [5, 5.41) is 0. The van der Waals surface area contributed by atoms with Crippen molar-refractivity contribution in [3.8, 4) is 11.5 Å². The van der Waals surface area contributed by atoms with Gasteiger partial charge in [0, 0.05) is 25.6 Å². The van der Waals surface area contributed by atoms with Gasteiger partial charge in [-0.15, -0.1) is 24.0 Å². The number of halogens is 1. The van der Waals surface area contributed by atoms with Crippen molar-refractivity contribution < 1.29 is 9.47 Å². The van der Waals surface area contributed by atoms with Crippen molar-refractivity contribution in [3.63, 3.8) is 0 Å². The Morgan fingerprint density at radius 3 is 2.75 bits per heavy atom. The number of para-hydroxylation sites is 2. The number of hydrogen-bond donors (Lipinski definition) is 1. The lowest BCUT2D eigenvalue weighted by molar-refractivity contribution is 0.248. The third-order valence-electron chi connectivity index (χ3n) is 4.14. The maximum Gasteiger partial charge on any atom is 0.191 e. The number of nitrogens with two attached hydrogens (primary N) is 1. The van der Waals surface area contributed by atoms with E-state index in [-0.39, 0.29) is 24.0 Å². The van der Waals surface area contributed by atoms with E-state index in [0.29, 0.717) is 30.9 Å². The Hall–Kier alpha value is -1.18. The van der Waals surface area contributed by atoms with Crippen LogP contribution in [-0.4, -0.2) is 44.2 Å². The molecule has 5 nitrogen and oxygen atoms in total. The van der Waals surface area contributed by atoms with Crippen LogP contribution in [0.5, 0.6) is 11.5 Å². The van der Waals surface area contributed by atoms with Crippen LogP contribution in [0.2, 0.25) is 0 Å². The average Bonchev–Trinajstić information content (AvgIpc) is 2.58. The highest BCUT2D eigenvalue weighted by Gasteiger charge is 2.17. The lowest BCUT2D eigenvalue weighted by atomic mass is 10.0. The van der Waals surface area contributed by atoms with Gasteiger partial charge in [-0.1, -0.05) is 26.0 Å². The van der Waals surface area contributed by atoms with Crippen LogP contribution in [0.25, 0.3) is 0 Å². The SMILES string of the molecule is COc1ccccc1OCC(C)CN=C(N)N1CCCC(C)C1.I. The molecule has 24 heavy (non-hydrogen) atoms.